The van der Waals surface area contributed by atoms with Crippen LogP contribution in [0, 0.1) is 0 Å². The smallest absolute Gasteiger partial charge is 0.316 e. The maximum atomic E-state index is 11.8. The summed E-state index contributed by atoms with van der Waals surface area (Å²) in [5.41, 5.74) is 0.915. The molecule has 1 aliphatic carbocycles. The van der Waals surface area contributed by atoms with E-state index in [0.29, 0.717) is 11.3 Å². The fraction of sp³-hybridized carbons (Fsp3) is 0.385. The van der Waals surface area contributed by atoms with Crippen LogP contribution in [0.4, 0.5) is 0 Å². The molecule has 18 heavy (non-hydrogen) atoms. The first-order valence-corrected chi connectivity index (χ1v) is 5.66. The molecule has 0 amide bonds. The van der Waals surface area contributed by atoms with E-state index in [2.05, 4.69) is 5.16 Å². The molecule has 2 N–H and O–H groups in total. The van der Waals surface area contributed by atoms with Crippen molar-refractivity contribution < 1.29 is 19.8 Å². The van der Waals surface area contributed by atoms with E-state index in [4.69, 9.17) is 9.94 Å². The lowest BCUT2D eigenvalue weighted by molar-refractivity contribution is -0.143. The molecule has 0 unspecified atom stereocenters. The van der Waals surface area contributed by atoms with Gasteiger partial charge in [-0.25, -0.2) is 0 Å². The molecule has 0 aliphatic heterocycles. The number of rotatable bonds is 3. The molecular weight excluding hydrogens is 234 g/mol. The first-order valence-electron chi connectivity index (χ1n) is 5.66. The second kappa shape index (κ2) is 4.33. The van der Waals surface area contributed by atoms with Crippen molar-refractivity contribution in [3.63, 3.8) is 0 Å². The Kier molecular flexibility index (Phi) is 2.98. The molecular formula is C13H15NO4. The monoisotopic (exact) mass is 249 g/mol. The van der Waals surface area contributed by atoms with Crippen molar-refractivity contribution >= 4 is 11.7 Å². The minimum absolute atomic E-state index is 0.0229. The number of oxime groups is 1. The van der Waals surface area contributed by atoms with Gasteiger partial charge < -0.3 is 15.1 Å². The molecule has 0 saturated heterocycles. The van der Waals surface area contributed by atoms with Crippen molar-refractivity contribution in [3.8, 4) is 5.75 Å². The van der Waals surface area contributed by atoms with Gasteiger partial charge in [0.15, 0.2) is 0 Å². The molecule has 5 heteroatoms. The summed E-state index contributed by atoms with van der Waals surface area (Å²) in [6.07, 6.45) is 1.47. The minimum Gasteiger partial charge on any atom is -0.507 e. The maximum absolute atomic E-state index is 11.8. The number of hydrogen-bond acceptors (Lipinski definition) is 5. The summed E-state index contributed by atoms with van der Waals surface area (Å²) in [4.78, 5) is 11.8. The number of esters is 1. The summed E-state index contributed by atoms with van der Waals surface area (Å²) < 4.78 is 4.81. The van der Waals surface area contributed by atoms with Gasteiger partial charge in [-0.15, -0.1) is 0 Å². The molecule has 96 valence electrons. The van der Waals surface area contributed by atoms with Gasteiger partial charge in [0.2, 0.25) is 0 Å². The topological polar surface area (TPSA) is 79.1 Å². The molecule has 0 atom stereocenters. The second-order valence-electron chi connectivity index (χ2n) is 4.49. The van der Waals surface area contributed by atoms with Crippen LogP contribution in [0.3, 0.4) is 0 Å². The van der Waals surface area contributed by atoms with Crippen LogP contribution < -0.4 is 0 Å². The highest BCUT2D eigenvalue weighted by molar-refractivity contribution is 6.01. The number of phenolic OH excluding ortho intramolecular Hbond substituents is 1. The van der Waals surface area contributed by atoms with Crippen LogP contribution >= 0.6 is 0 Å². The van der Waals surface area contributed by atoms with Gasteiger partial charge in [0, 0.05) is 5.56 Å². The summed E-state index contributed by atoms with van der Waals surface area (Å²) >= 11 is 0. The molecule has 5 nitrogen and oxygen atoms in total. The molecule has 1 aliphatic rings. The third-order valence-corrected chi connectivity index (χ3v) is 3.42. The highest BCUT2D eigenvalue weighted by Gasteiger charge is 2.52. The molecule has 1 fully saturated rings. The van der Waals surface area contributed by atoms with Crippen molar-refractivity contribution in [2.24, 2.45) is 5.16 Å². The lowest BCUT2D eigenvalue weighted by Gasteiger charge is -2.14. The third-order valence-electron chi connectivity index (χ3n) is 3.42. The Morgan fingerprint density at radius 2 is 2.11 bits per heavy atom. The molecule has 1 aromatic carbocycles. The largest absolute Gasteiger partial charge is 0.507 e. The molecule has 0 radical (unpaired) electrons. The van der Waals surface area contributed by atoms with E-state index >= 15 is 0 Å². The average molecular weight is 249 g/mol. The number of carbonyl (C=O) groups excluding carboxylic acids is 1. The second-order valence-corrected chi connectivity index (χ2v) is 4.49. The van der Waals surface area contributed by atoms with Crippen LogP contribution in [0.15, 0.2) is 23.4 Å². The summed E-state index contributed by atoms with van der Waals surface area (Å²) in [6, 6.07) is 4.88. The zero-order valence-corrected chi connectivity index (χ0v) is 10.3. The van der Waals surface area contributed by atoms with Gasteiger partial charge in [0.25, 0.3) is 0 Å². The van der Waals surface area contributed by atoms with Crippen LogP contribution in [0.2, 0.25) is 0 Å². The van der Waals surface area contributed by atoms with Crippen LogP contribution in [0.1, 0.15) is 30.9 Å². The summed E-state index contributed by atoms with van der Waals surface area (Å²) in [7, 11) is 1.37. The van der Waals surface area contributed by atoms with Crippen molar-refractivity contribution in [2.75, 3.05) is 7.11 Å². The number of hydrogen-bond donors (Lipinski definition) is 2. The predicted molar refractivity (Wildman–Crippen MR) is 65.0 cm³/mol. The molecule has 0 heterocycles. The van der Waals surface area contributed by atoms with Gasteiger partial charge in [-0.1, -0.05) is 11.2 Å². The minimum atomic E-state index is -0.590. The zero-order chi connectivity index (χ0) is 13.3. The average Bonchev–Trinajstić information content (AvgIpc) is 3.19. The van der Waals surface area contributed by atoms with E-state index in [1.807, 2.05) is 0 Å². The standard InChI is InChI=1S/C13H15NO4/c1-8(14-17)10-7-9(3-4-11(10)15)13(5-6-13)12(16)18-2/h3-4,7,15,17H,5-6H2,1-2H3/b14-8+. The Morgan fingerprint density at radius 3 is 2.61 bits per heavy atom. The Hall–Kier alpha value is -2.04. The number of benzene rings is 1. The summed E-state index contributed by atoms with van der Waals surface area (Å²) in [5.74, 6) is -0.243. The normalized spacial score (nSPS) is 17.3. The highest BCUT2D eigenvalue weighted by atomic mass is 16.5. The molecule has 1 aromatic rings. The number of phenols is 1. The van der Waals surface area contributed by atoms with Gasteiger partial charge in [0.05, 0.1) is 18.2 Å². The number of nitrogens with zero attached hydrogens (tertiary/aromatic N) is 1. The highest BCUT2D eigenvalue weighted by Crippen LogP contribution is 2.49. The Bertz CT molecular complexity index is 518. The number of carbonyl (C=O) groups is 1. The van der Waals surface area contributed by atoms with Crippen LogP contribution in [0.5, 0.6) is 5.75 Å². The molecule has 2 rings (SSSR count). The Balaban J connectivity index is 2.45. The summed E-state index contributed by atoms with van der Waals surface area (Å²) in [6.45, 7) is 1.58. The fourth-order valence-corrected chi connectivity index (χ4v) is 2.11. The van der Waals surface area contributed by atoms with E-state index in [9.17, 15) is 9.90 Å². The van der Waals surface area contributed by atoms with Gasteiger partial charge in [-0.3, -0.25) is 4.79 Å². The number of ether oxygens (including phenoxy) is 1. The van der Waals surface area contributed by atoms with Crippen molar-refractivity contribution in [2.45, 2.75) is 25.2 Å². The van der Waals surface area contributed by atoms with Gasteiger partial charge in [-0.2, -0.15) is 0 Å². The maximum Gasteiger partial charge on any atom is 0.316 e. The van der Waals surface area contributed by atoms with Crippen molar-refractivity contribution in [1.29, 1.82) is 0 Å². The fourth-order valence-electron chi connectivity index (χ4n) is 2.11. The van der Waals surface area contributed by atoms with E-state index in [1.165, 1.54) is 13.2 Å². The van der Waals surface area contributed by atoms with Crippen LogP contribution in [0.25, 0.3) is 0 Å². The molecule has 0 aromatic heterocycles. The number of aromatic hydroxyl groups is 1. The Labute approximate surface area is 105 Å². The first kappa shape index (κ1) is 12.4. The van der Waals surface area contributed by atoms with Crippen molar-refractivity contribution in [3.05, 3.63) is 29.3 Å². The summed E-state index contributed by atoms with van der Waals surface area (Å²) in [5, 5.41) is 21.5. The third kappa shape index (κ3) is 1.81. The van der Waals surface area contributed by atoms with E-state index in [-0.39, 0.29) is 11.7 Å². The lowest BCUT2D eigenvalue weighted by atomic mass is 9.93. The van der Waals surface area contributed by atoms with Crippen LogP contribution in [-0.4, -0.2) is 29.1 Å². The quantitative estimate of drug-likeness (QED) is 0.370. The van der Waals surface area contributed by atoms with E-state index in [1.54, 1.807) is 19.1 Å². The van der Waals surface area contributed by atoms with Gasteiger partial charge in [-0.05, 0) is 37.5 Å². The SMILES string of the molecule is COC(=O)C1(c2ccc(O)c(/C(C)=N/O)c2)CC1. The molecule has 0 spiro atoms. The van der Waals surface area contributed by atoms with Gasteiger partial charge >= 0.3 is 5.97 Å². The van der Waals surface area contributed by atoms with Crippen molar-refractivity contribution in [1.82, 2.24) is 0 Å². The molecule has 0 bridgehead atoms. The zero-order valence-electron chi connectivity index (χ0n) is 10.3. The van der Waals surface area contributed by atoms with E-state index in [0.717, 1.165) is 18.4 Å². The Morgan fingerprint density at radius 1 is 1.44 bits per heavy atom. The predicted octanol–water partition coefficient (Wildman–Crippen LogP) is 1.79. The first-order chi connectivity index (χ1) is 8.55. The van der Waals surface area contributed by atoms with Crippen LogP contribution in [-0.2, 0) is 14.9 Å². The van der Waals surface area contributed by atoms with E-state index < -0.39 is 5.41 Å². The molecule has 1 saturated carbocycles. The van der Waals surface area contributed by atoms with Gasteiger partial charge in [0.1, 0.15) is 5.75 Å². The number of methoxy groups -OCH3 is 1. The lowest BCUT2D eigenvalue weighted by Crippen LogP contribution is -2.22.